The van der Waals surface area contributed by atoms with E-state index in [0.717, 1.165) is 42.6 Å². The minimum atomic E-state index is -5.08. The molecule has 1 aliphatic rings. The van der Waals surface area contributed by atoms with Crippen LogP contribution in [0.3, 0.4) is 0 Å². The van der Waals surface area contributed by atoms with Crippen LogP contribution in [0.2, 0.25) is 0 Å². The second-order valence-corrected chi connectivity index (χ2v) is 7.88. The molecule has 1 aromatic heterocycles. The van der Waals surface area contributed by atoms with Crippen LogP contribution >= 0.6 is 0 Å². The summed E-state index contributed by atoms with van der Waals surface area (Å²) in [5.74, 6) is -4.60. The Hall–Kier alpha value is -3.02. The lowest BCUT2D eigenvalue weighted by Gasteiger charge is -2.23. The van der Waals surface area contributed by atoms with E-state index in [1.807, 2.05) is 13.4 Å². The summed E-state index contributed by atoms with van der Waals surface area (Å²) in [4.78, 5) is 30.0. The van der Waals surface area contributed by atoms with Crippen LogP contribution in [0.25, 0.3) is 0 Å². The fraction of sp³-hybridized carbons (Fsp3) is 0.476. The van der Waals surface area contributed by atoms with Gasteiger partial charge in [0.05, 0.1) is 24.3 Å². The van der Waals surface area contributed by atoms with E-state index in [1.54, 1.807) is 4.90 Å². The SMILES string of the molecule is CC(C)N(C)Cc1ncn2c1CN(C(=O)c1cc(F)cc(F)c1)CCC2.O=C(O)C(F)(F)F. The molecule has 0 bridgehead atoms. The number of hydrogen-bond acceptors (Lipinski definition) is 4. The van der Waals surface area contributed by atoms with Crippen LogP contribution in [0, 0.1) is 11.6 Å². The van der Waals surface area contributed by atoms with Gasteiger partial charge in [-0.3, -0.25) is 9.69 Å². The van der Waals surface area contributed by atoms with E-state index in [9.17, 15) is 26.7 Å². The minimum absolute atomic E-state index is 0.0383. The van der Waals surface area contributed by atoms with Crippen LogP contribution in [0.15, 0.2) is 24.5 Å². The van der Waals surface area contributed by atoms with Gasteiger partial charge in [0.1, 0.15) is 11.6 Å². The maximum absolute atomic E-state index is 13.5. The molecule has 0 spiro atoms. The first-order chi connectivity index (χ1) is 15.3. The highest BCUT2D eigenvalue weighted by atomic mass is 19.4. The molecule has 0 radical (unpaired) electrons. The Kier molecular flexibility index (Phi) is 8.53. The van der Waals surface area contributed by atoms with E-state index in [4.69, 9.17) is 9.90 Å². The van der Waals surface area contributed by atoms with Gasteiger partial charge in [-0.2, -0.15) is 13.2 Å². The molecule has 0 aliphatic carbocycles. The van der Waals surface area contributed by atoms with Crippen LogP contribution in [0.5, 0.6) is 0 Å². The summed E-state index contributed by atoms with van der Waals surface area (Å²) in [6.45, 7) is 6.62. The van der Waals surface area contributed by atoms with E-state index in [0.29, 0.717) is 25.7 Å². The van der Waals surface area contributed by atoms with Gasteiger partial charge in [-0.1, -0.05) is 0 Å². The van der Waals surface area contributed by atoms with Gasteiger partial charge in [0.25, 0.3) is 5.91 Å². The fourth-order valence-corrected chi connectivity index (χ4v) is 3.10. The van der Waals surface area contributed by atoms with E-state index in [-0.39, 0.29) is 11.5 Å². The lowest BCUT2D eigenvalue weighted by Crippen LogP contribution is -2.32. The van der Waals surface area contributed by atoms with Gasteiger partial charge in [-0.05, 0) is 39.4 Å². The van der Waals surface area contributed by atoms with Crippen molar-refractivity contribution in [1.82, 2.24) is 19.4 Å². The summed E-state index contributed by atoms with van der Waals surface area (Å²) in [5.41, 5.74) is 1.96. The molecule has 0 atom stereocenters. The van der Waals surface area contributed by atoms with Gasteiger partial charge in [0.2, 0.25) is 0 Å². The first-order valence-electron chi connectivity index (χ1n) is 10.1. The Morgan fingerprint density at radius 2 is 1.73 bits per heavy atom. The third kappa shape index (κ3) is 7.24. The largest absolute Gasteiger partial charge is 0.490 e. The topological polar surface area (TPSA) is 78.7 Å². The second-order valence-electron chi connectivity index (χ2n) is 7.88. The number of imidazole rings is 1. The van der Waals surface area contributed by atoms with Crippen molar-refractivity contribution in [3.05, 3.63) is 53.1 Å². The summed E-state index contributed by atoms with van der Waals surface area (Å²) in [7, 11) is 2.03. The standard InChI is InChI=1S/C19H24F2N4O.C2HF3O2/c1-13(2)23(3)10-17-18-11-24(5-4-6-25(18)12-22-17)19(26)14-7-15(20)9-16(21)8-14;3-2(4,5)1(6)7/h7-9,12-13H,4-6,10-11H2,1-3H3;(H,6,7). The molecule has 12 heteroatoms. The van der Waals surface area contributed by atoms with Crippen molar-refractivity contribution in [3.8, 4) is 0 Å². The molecule has 0 saturated heterocycles. The number of rotatable bonds is 4. The molecule has 0 fully saturated rings. The number of amides is 1. The maximum Gasteiger partial charge on any atom is 0.490 e. The van der Waals surface area contributed by atoms with E-state index < -0.39 is 23.8 Å². The number of nitrogens with zero attached hydrogens (tertiary/aromatic N) is 4. The van der Waals surface area contributed by atoms with Crippen LogP contribution in [-0.4, -0.2) is 62.1 Å². The molecule has 0 unspecified atom stereocenters. The lowest BCUT2D eigenvalue weighted by atomic mass is 10.1. The molecule has 1 N–H and O–H groups in total. The fourth-order valence-electron chi connectivity index (χ4n) is 3.10. The quantitative estimate of drug-likeness (QED) is 0.682. The van der Waals surface area contributed by atoms with Crippen molar-refractivity contribution in [1.29, 1.82) is 0 Å². The predicted molar refractivity (Wildman–Crippen MR) is 108 cm³/mol. The van der Waals surface area contributed by atoms with E-state index in [1.165, 1.54) is 0 Å². The van der Waals surface area contributed by atoms with E-state index >= 15 is 0 Å². The van der Waals surface area contributed by atoms with E-state index in [2.05, 4.69) is 28.3 Å². The van der Waals surface area contributed by atoms with Crippen molar-refractivity contribution in [2.24, 2.45) is 0 Å². The number of benzene rings is 1. The first kappa shape index (κ1) is 26.2. The number of carboxylic acids is 1. The van der Waals surface area contributed by atoms with Crippen molar-refractivity contribution < 1.29 is 36.6 Å². The highest BCUT2D eigenvalue weighted by Crippen LogP contribution is 2.20. The average molecular weight is 476 g/mol. The number of aliphatic carboxylic acids is 1. The van der Waals surface area contributed by atoms with Gasteiger partial charge in [-0.15, -0.1) is 0 Å². The zero-order chi connectivity index (χ0) is 24.9. The highest BCUT2D eigenvalue weighted by Gasteiger charge is 2.38. The van der Waals surface area contributed by atoms with Gasteiger partial charge >= 0.3 is 12.1 Å². The number of fused-ring (bicyclic) bond motifs is 1. The predicted octanol–water partition coefficient (Wildman–Crippen LogP) is 3.68. The van der Waals surface area contributed by atoms with Gasteiger partial charge in [0, 0.05) is 37.3 Å². The number of hydrogen-bond donors (Lipinski definition) is 1. The molecule has 1 aliphatic heterocycles. The monoisotopic (exact) mass is 476 g/mol. The number of alkyl halides is 3. The molecule has 1 aromatic carbocycles. The molecule has 2 aromatic rings. The van der Waals surface area contributed by atoms with Gasteiger partial charge < -0.3 is 14.6 Å². The Labute approximate surface area is 187 Å². The number of carbonyl (C=O) groups excluding carboxylic acids is 1. The zero-order valence-electron chi connectivity index (χ0n) is 18.4. The van der Waals surface area contributed by atoms with Crippen LogP contribution < -0.4 is 0 Å². The third-order valence-electron chi connectivity index (χ3n) is 5.12. The van der Waals surface area contributed by atoms with Crippen molar-refractivity contribution >= 4 is 11.9 Å². The Morgan fingerprint density at radius 1 is 1.15 bits per heavy atom. The number of halogens is 5. The molecule has 3 rings (SSSR count). The molecule has 182 valence electrons. The molecule has 0 saturated carbocycles. The molecule has 2 heterocycles. The van der Waals surface area contributed by atoms with Crippen molar-refractivity contribution in [3.63, 3.8) is 0 Å². The summed E-state index contributed by atoms with van der Waals surface area (Å²) >= 11 is 0. The van der Waals surface area contributed by atoms with Crippen LogP contribution in [-0.2, 0) is 24.4 Å². The maximum atomic E-state index is 13.5. The normalized spacial score (nSPS) is 13.9. The molecule has 33 heavy (non-hydrogen) atoms. The lowest BCUT2D eigenvalue weighted by molar-refractivity contribution is -0.192. The van der Waals surface area contributed by atoms with Crippen LogP contribution in [0.1, 0.15) is 42.0 Å². The zero-order valence-corrected chi connectivity index (χ0v) is 18.4. The second kappa shape index (κ2) is 10.7. The van der Waals surface area contributed by atoms with Gasteiger partial charge in [0.15, 0.2) is 0 Å². The minimum Gasteiger partial charge on any atom is -0.475 e. The molecular weight excluding hydrogens is 451 g/mol. The number of carboxylic acid groups (broad SMARTS) is 1. The summed E-state index contributed by atoms with van der Waals surface area (Å²) < 4.78 is 60.8. The first-order valence-corrected chi connectivity index (χ1v) is 10.1. The molecular formula is C21H25F5N4O3. The summed E-state index contributed by atoms with van der Waals surface area (Å²) in [5, 5.41) is 7.12. The number of aryl methyl sites for hydroxylation is 1. The summed E-state index contributed by atoms with van der Waals surface area (Å²) in [6, 6.07) is 3.32. The van der Waals surface area contributed by atoms with Crippen LogP contribution in [0.4, 0.5) is 22.0 Å². The summed E-state index contributed by atoms with van der Waals surface area (Å²) in [6.07, 6.45) is -2.50. The number of carbonyl (C=O) groups is 2. The smallest absolute Gasteiger partial charge is 0.475 e. The number of aromatic nitrogens is 2. The third-order valence-corrected chi connectivity index (χ3v) is 5.12. The van der Waals surface area contributed by atoms with Crippen molar-refractivity contribution in [2.75, 3.05) is 13.6 Å². The highest BCUT2D eigenvalue weighted by molar-refractivity contribution is 5.94. The Balaban J connectivity index is 0.000000479. The Morgan fingerprint density at radius 3 is 2.24 bits per heavy atom. The molecule has 1 amide bonds. The Bertz CT molecular complexity index is 971. The average Bonchev–Trinajstić information content (AvgIpc) is 2.93. The van der Waals surface area contributed by atoms with Gasteiger partial charge in [-0.25, -0.2) is 18.6 Å². The molecule has 7 nitrogen and oxygen atoms in total. The van der Waals surface area contributed by atoms with Crippen molar-refractivity contribution in [2.45, 2.75) is 52.1 Å².